The summed E-state index contributed by atoms with van der Waals surface area (Å²) in [7, 11) is 0. The zero-order valence-corrected chi connectivity index (χ0v) is 21.7. The molecule has 0 bridgehead atoms. The Balaban J connectivity index is 1.11. The lowest BCUT2D eigenvalue weighted by atomic mass is 10.0. The molecule has 6 rings (SSSR count). The smallest absolute Gasteiger partial charge is 0.365 e. The summed E-state index contributed by atoms with van der Waals surface area (Å²) in [6, 6.07) is 30.0. The van der Waals surface area contributed by atoms with E-state index in [9.17, 15) is 4.79 Å². The van der Waals surface area contributed by atoms with Gasteiger partial charge in [0.2, 0.25) is 11.8 Å². The number of benzene rings is 4. The number of carbonyl (C=O) groups is 1. The van der Waals surface area contributed by atoms with Gasteiger partial charge in [-0.15, -0.1) is 15.3 Å². The second-order valence-electron chi connectivity index (χ2n) is 9.12. The number of hydrogen-bond acceptors (Lipinski definition) is 8. The van der Waals surface area contributed by atoms with Gasteiger partial charge in [-0.2, -0.15) is 0 Å². The highest BCUT2D eigenvalue weighted by Gasteiger charge is 2.15. The summed E-state index contributed by atoms with van der Waals surface area (Å²) in [5.74, 6) is 1.07. The first kappa shape index (κ1) is 25.0. The maximum absolute atomic E-state index is 12.6. The maximum atomic E-state index is 12.6. The normalized spacial score (nSPS) is 11.0. The van der Waals surface area contributed by atoms with Crippen molar-refractivity contribution in [1.82, 2.24) is 25.4 Å². The molecule has 0 saturated heterocycles. The zero-order chi connectivity index (χ0) is 27.3. The van der Waals surface area contributed by atoms with Crippen LogP contribution in [0.4, 0.5) is 0 Å². The average Bonchev–Trinajstić information content (AvgIpc) is 3.66. The van der Waals surface area contributed by atoms with Crippen molar-refractivity contribution in [2.24, 2.45) is 0 Å². The number of unbranched alkanes of at least 4 members (excludes halogenated alkanes) is 1. The molecule has 0 aliphatic rings. The fourth-order valence-electron chi connectivity index (χ4n) is 4.13. The molecular formula is C31H25N5O4. The fraction of sp³-hybridized carbons (Fsp3) is 0.129. The predicted molar refractivity (Wildman–Crippen MR) is 149 cm³/mol. The van der Waals surface area contributed by atoms with Gasteiger partial charge in [-0.3, -0.25) is 0 Å². The van der Waals surface area contributed by atoms with Gasteiger partial charge < -0.3 is 14.0 Å². The summed E-state index contributed by atoms with van der Waals surface area (Å²) < 4.78 is 11.7. The van der Waals surface area contributed by atoms with Gasteiger partial charge in [-0.05, 0) is 83.4 Å². The number of ether oxygens (including phenoxy) is 1. The number of fused-ring (bicyclic) bond motifs is 1. The van der Waals surface area contributed by atoms with Gasteiger partial charge in [0, 0.05) is 11.1 Å². The topological polar surface area (TPSA) is 105 Å². The van der Waals surface area contributed by atoms with Crippen LogP contribution in [0.2, 0.25) is 0 Å². The first-order valence-electron chi connectivity index (χ1n) is 13.0. The Labute approximate surface area is 230 Å². The van der Waals surface area contributed by atoms with Crippen LogP contribution < -0.4 is 9.57 Å². The molecule has 2 aromatic heterocycles. The van der Waals surface area contributed by atoms with Gasteiger partial charge in [0.1, 0.15) is 16.8 Å². The Morgan fingerprint density at radius 3 is 2.02 bits per heavy atom. The third-order valence-electron chi connectivity index (χ3n) is 6.37. The summed E-state index contributed by atoms with van der Waals surface area (Å²) in [6.07, 6.45) is 2.15. The van der Waals surface area contributed by atoms with Gasteiger partial charge >= 0.3 is 5.97 Å². The number of para-hydroxylation sites is 1. The molecule has 0 amide bonds. The number of aromatic nitrogens is 5. The monoisotopic (exact) mass is 531 g/mol. The van der Waals surface area contributed by atoms with Crippen molar-refractivity contribution in [2.75, 3.05) is 6.61 Å². The van der Waals surface area contributed by atoms with Crippen LogP contribution in [0.1, 0.15) is 30.1 Å². The van der Waals surface area contributed by atoms with E-state index in [0.29, 0.717) is 33.9 Å². The Morgan fingerprint density at radius 1 is 0.750 bits per heavy atom. The second-order valence-corrected chi connectivity index (χ2v) is 9.12. The SMILES string of the molecule is CCCCOc1ccc(-c2ccc(-c3nnc(-c4ccc(C(=O)On5nnc6ccccc65)cc4)o3)cc2)cc1. The van der Waals surface area contributed by atoms with E-state index in [1.807, 2.05) is 48.5 Å². The molecular weight excluding hydrogens is 506 g/mol. The number of hydrogen-bond donors (Lipinski definition) is 0. The van der Waals surface area contributed by atoms with Crippen molar-refractivity contribution in [3.63, 3.8) is 0 Å². The first-order valence-corrected chi connectivity index (χ1v) is 13.0. The van der Waals surface area contributed by atoms with E-state index < -0.39 is 5.97 Å². The lowest BCUT2D eigenvalue weighted by molar-refractivity contribution is 0.0409. The van der Waals surface area contributed by atoms with Crippen LogP contribution in [0.25, 0.3) is 45.1 Å². The fourth-order valence-corrected chi connectivity index (χ4v) is 4.13. The van der Waals surface area contributed by atoms with Gasteiger partial charge in [0.25, 0.3) is 0 Å². The summed E-state index contributed by atoms with van der Waals surface area (Å²) in [4.78, 5) is 19.1. The average molecular weight is 532 g/mol. The lowest BCUT2D eigenvalue weighted by Crippen LogP contribution is -2.20. The predicted octanol–water partition coefficient (Wildman–Crippen LogP) is 6.26. The van der Waals surface area contributed by atoms with E-state index in [1.54, 1.807) is 36.4 Å². The number of rotatable bonds is 9. The Hall–Kier alpha value is -5.31. The molecule has 6 aromatic rings. The van der Waals surface area contributed by atoms with E-state index in [0.717, 1.165) is 46.7 Å². The highest BCUT2D eigenvalue weighted by molar-refractivity contribution is 5.90. The minimum absolute atomic E-state index is 0.346. The molecule has 40 heavy (non-hydrogen) atoms. The van der Waals surface area contributed by atoms with Gasteiger partial charge in [0.05, 0.1) is 12.2 Å². The second kappa shape index (κ2) is 11.2. The summed E-state index contributed by atoms with van der Waals surface area (Å²) in [5, 5.41) is 16.3. The number of nitrogens with zero attached hydrogens (tertiary/aromatic N) is 5. The van der Waals surface area contributed by atoms with Crippen LogP contribution in [-0.4, -0.2) is 37.9 Å². The van der Waals surface area contributed by atoms with Crippen molar-refractivity contribution in [3.8, 4) is 39.8 Å². The Kier molecular flexibility index (Phi) is 7.00. The van der Waals surface area contributed by atoms with E-state index in [-0.39, 0.29) is 0 Å². The zero-order valence-electron chi connectivity index (χ0n) is 21.7. The van der Waals surface area contributed by atoms with E-state index >= 15 is 0 Å². The Morgan fingerprint density at radius 2 is 1.35 bits per heavy atom. The third kappa shape index (κ3) is 5.30. The molecule has 0 aliphatic heterocycles. The van der Waals surface area contributed by atoms with E-state index in [4.69, 9.17) is 14.0 Å². The minimum atomic E-state index is -0.563. The van der Waals surface area contributed by atoms with Crippen LogP contribution in [0.3, 0.4) is 0 Å². The van der Waals surface area contributed by atoms with E-state index in [2.05, 4.69) is 39.6 Å². The van der Waals surface area contributed by atoms with Crippen molar-refractivity contribution < 1.29 is 18.8 Å². The van der Waals surface area contributed by atoms with Crippen LogP contribution in [0, 0.1) is 0 Å². The van der Waals surface area contributed by atoms with Crippen molar-refractivity contribution in [1.29, 1.82) is 0 Å². The largest absolute Gasteiger partial charge is 0.494 e. The summed E-state index contributed by atoms with van der Waals surface area (Å²) in [5.41, 5.74) is 5.24. The van der Waals surface area contributed by atoms with Gasteiger partial charge in [-0.1, -0.05) is 54.6 Å². The molecule has 9 heteroatoms. The standard InChI is InChI=1S/C31H25N5O4/c1-2-3-20-38-26-18-16-22(17-19-26)21-8-10-23(11-9-21)29-33-34-30(39-29)24-12-14-25(15-13-24)31(37)40-36-28-7-5-4-6-27(28)32-35-36/h4-19H,2-3,20H2,1H3. The van der Waals surface area contributed by atoms with Crippen LogP contribution in [0.5, 0.6) is 5.75 Å². The van der Waals surface area contributed by atoms with Crippen molar-refractivity contribution in [3.05, 3.63) is 103 Å². The molecule has 0 atom stereocenters. The molecule has 0 N–H and O–H groups in total. The van der Waals surface area contributed by atoms with Crippen LogP contribution in [-0.2, 0) is 0 Å². The molecule has 0 radical (unpaired) electrons. The molecule has 0 aliphatic carbocycles. The lowest BCUT2D eigenvalue weighted by Gasteiger charge is -2.07. The third-order valence-corrected chi connectivity index (χ3v) is 6.37. The summed E-state index contributed by atoms with van der Waals surface area (Å²) in [6.45, 7) is 2.88. The molecule has 0 unspecified atom stereocenters. The molecule has 4 aromatic carbocycles. The highest BCUT2D eigenvalue weighted by atomic mass is 16.7. The molecule has 0 saturated carbocycles. The quantitative estimate of drug-likeness (QED) is 0.159. The van der Waals surface area contributed by atoms with Crippen LogP contribution >= 0.6 is 0 Å². The maximum Gasteiger partial charge on any atom is 0.365 e. The minimum Gasteiger partial charge on any atom is -0.494 e. The van der Waals surface area contributed by atoms with Gasteiger partial charge in [-0.25, -0.2) is 4.79 Å². The molecule has 2 heterocycles. The highest BCUT2D eigenvalue weighted by Crippen LogP contribution is 2.28. The molecule has 198 valence electrons. The van der Waals surface area contributed by atoms with Crippen molar-refractivity contribution in [2.45, 2.75) is 19.8 Å². The van der Waals surface area contributed by atoms with Crippen LogP contribution in [0.15, 0.2) is 101 Å². The molecule has 0 spiro atoms. The first-order chi connectivity index (χ1) is 19.7. The van der Waals surface area contributed by atoms with Gasteiger partial charge in [0.15, 0.2) is 0 Å². The summed E-state index contributed by atoms with van der Waals surface area (Å²) >= 11 is 0. The Bertz CT molecular complexity index is 1740. The molecule has 0 fully saturated rings. The number of carbonyl (C=O) groups excluding carboxylic acids is 1. The van der Waals surface area contributed by atoms with Crippen molar-refractivity contribution >= 4 is 17.0 Å². The van der Waals surface area contributed by atoms with E-state index in [1.165, 1.54) is 0 Å². The molecule has 9 nitrogen and oxygen atoms in total.